The van der Waals surface area contributed by atoms with E-state index in [4.69, 9.17) is 9.15 Å². The molecule has 4 rings (SSSR count). The molecule has 0 radical (unpaired) electrons. The second kappa shape index (κ2) is 8.65. The Hall–Kier alpha value is -3.22. The Balaban J connectivity index is 1.27. The van der Waals surface area contributed by atoms with Gasteiger partial charge in [0.2, 0.25) is 5.91 Å². The van der Waals surface area contributed by atoms with E-state index >= 15 is 0 Å². The van der Waals surface area contributed by atoms with E-state index in [0.29, 0.717) is 37.7 Å². The van der Waals surface area contributed by atoms with E-state index in [1.54, 1.807) is 7.11 Å². The number of carbonyl (C=O) groups is 2. The molecule has 2 N–H and O–H groups in total. The number of furan rings is 1. The summed E-state index contributed by atoms with van der Waals surface area (Å²) in [4.78, 5) is 30.2. The SMILES string of the molecule is COc1ccc2cc(C(=O)N3CCC(CC(=O)NCc4ccc(C)o4)CC3)[nH]c2c1. The lowest BCUT2D eigenvalue weighted by Crippen LogP contribution is -2.39. The van der Waals surface area contributed by atoms with Crippen molar-refractivity contribution in [2.45, 2.75) is 32.7 Å². The molecule has 3 aromatic rings. The van der Waals surface area contributed by atoms with Crippen molar-refractivity contribution in [3.05, 3.63) is 53.6 Å². The Morgan fingerprint density at radius 2 is 2.00 bits per heavy atom. The molecule has 0 saturated carbocycles. The summed E-state index contributed by atoms with van der Waals surface area (Å²) in [6, 6.07) is 11.4. The molecule has 0 aliphatic carbocycles. The van der Waals surface area contributed by atoms with Gasteiger partial charge < -0.3 is 24.4 Å². The van der Waals surface area contributed by atoms with Crippen LogP contribution >= 0.6 is 0 Å². The summed E-state index contributed by atoms with van der Waals surface area (Å²) >= 11 is 0. The summed E-state index contributed by atoms with van der Waals surface area (Å²) < 4.78 is 10.7. The number of rotatable bonds is 6. The fourth-order valence-electron chi connectivity index (χ4n) is 3.96. The zero-order valence-electron chi connectivity index (χ0n) is 17.4. The van der Waals surface area contributed by atoms with Crippen molar-refractivity contribution in [1.29, 1.82) is 0 Å². The summed E-state index contributed by atoms with van der Waals surface area (Å²) in [5.74, 6) is 2.67. The quantitative estimate of drug-likeness (QED) is 0.651. The van der Waals surface area contributed by atoms with E-state index in [-0.39, 0.29) is 11.8 Å². The van der Waals surface area contributed by atoms with Gasteiger partial charge in [0.15, 0.2) is 0 Å². The van der Waals surface area contributed by atoms with Gasteiger partial charge in [0.05, 0.1) is 13.7 Å². The average molecular weight is 409 g/mol. The Kier molecular flexibility index (Phi) is 5.79. The number of ether oxygens (including phenoxy) is 1. The highest BCUT2D eigenvalue weighted by molar-refractivity contribution is 5.98. The smallest absolute Gasteiger partial charge is 0.270 e. The number of amides is 2. The molecular formula is C23H27N3O4. The first-order chi connectivity index (χ1) is 14.5. The molecular weight excluding hydrogens is 382 g/mol. The standard InChI is InChI=1S/C23H27N3O4/c1-15-3-5-19(30-15)14-24-22(27)11-16-7-9-26(10-8-16)23(28)21-12-17-4-6-18(29-2)13-20(17)25-21/h3-6,12-13,16,25H,7-11,14H2,1-2H3,(H,24,27). The third-order valence-electron chi connectivity index (χ3n) is 5.69. The molecule has 1 fully saturated rings. The normalized spacial score (nSPS) is 14.8. The number of carbonyl (C=O) groups excluding carboxylic acids is 2. The van der Waals surface area contributed by atoms with Crippen molar-refractivity contribution in [3.63, 3.8) is 0 Å². The number of hydrogen-bond donors (Lipinski definition) is 2. The highest BCUT2D eigenvalue weighted by Gasteiger charge is 2.26. The number of benzene rings is 1. The van der Waals surface area contributed by atoms with Crippen molar-refractivity contribution in [3.8, 4) is 5.75 Å². The lowest BCUT2D eigenvalue weighted by atomic mass is 9.93. The number of H-pyrrole nitrogens is 1. The van der Waals surface area contributed by atoms with Crippen LogP contribution in [0.3, 0.4) is 0 Å². The number of aryl methyl sites for hydroxylation is 1. The molecule has 3 heterocycles. The topological polar surface area (TPSA) is 87.6 Å². The van der Waals surface area contributed by atoms with Crippen LogP contribution in [0, 0.1) is 12.8 Å². The number of nitrogens with one attached hydrogen (secondary N) is 2. The third kappa shape index (κ3) is 4.50. The van der Waals surface area contributed by atoms with E-state index in [1.807, 2.05) is 48.2 Å². The van der Waals surface area contributed by atoms with Crippen LogP contribution in [0.4, 0.5) is 0 Å². The van der Waals surface area contributed by atoms with Gasteiger partial charge in [-0.1, -0.05) is 0 Å². The summed E-state index contributed by atoms with van der Waals surface area (Å²) in [6.45, 7) is 3.61. The van der Waals surface area contributed by atoms with E-state index in [9.17, 15) is 9.59 Å². The molecule has 2 amide bonds. The van der Waals surface area contributed by atoms with Crippen LogP contribution < -0.4 is 10.1 Å². The van der Waals surface area contributed by atoms with Crippen molar-refractivity contribution < 1.29 is 18.7 Å². The van der Waals surface area contributed by atoms with Crippen LogP contribution in [0.15, 0.2) is 40.8 Å². The van der Waals surface area contributed by atoms with E-state index in [1.165, 1.54) is 0 Å². The number of likely N-dealkylation sites (tertiary alicyclic amines) is 1. The van der Waals surface area contributed by atoms with E-state index in [0.717, 1.165) is 41.0 Å². The monoisotopic (exact) mass is 409 g/mol. The predicted octanol–water partition coefficient (Wildman–Crippen LogP) is 3.64. The fraction of sp³-hybridized carbons (Fsp3) is 0.391. The maximum Gasteiger partial charge on any atom is 0.270 e. The van der Waals surface area contributed by atoms with Gasteiger partial charge in [0, 0.05) is 36.5 Å². The molecule has 1 aromatic carbocycles. The lowest BCUT2D eigenvalue weighted by molar-refractivity contribution is -0.122. The number of methoxy groups -OCH3 is 1. The molecule has 0 bridgehead atoms. The molecule has 2 aromatic heterocycles. The number of aromatic nitrogens is 1. The molecule has 0 unspecified atom stereocenters. The number of piperidine rings is 1. The highest BCUT2D eigenvalue weighted by atomic mass is 16.5. The number of hydrogen-bond acceptors (Lipinski definition) is 4. The Bertz CT molecular complexity index is 1040. The van der Waals surface area contributed by atoms with Gasteiger partial charge in [-0.25, -0.2) is 0 Å². The van der Waals surface area contributed by atoms with Crippen LogP contribution in [-0.4, -0.2) is 41.9 Å². The summed E-state index contributed by atoms with van der Waals surface area (Å²) in [7, 11) is 1.62. The van der Waals surface area contributed by atoms with Gasteiger partial charge in [0.25, 0.3) is 5.91 Å². The van der Waals surface area contributed by atoms with Crippen LogP contribution in [0.5, 0.6) is 5.75 Å². The zero-order valence-corrected chi connectivity index (χ0v) is 17.4. The van der Waals surface area contributed by atoms with Gasteiger partial charge >= 0.3 is 0 Å². The molecule has 1 saturated heterocycles. The predicted molar refractivity (Wildman–Crippen MR) is 113 cm³/mol. The minimum absolute atomic E-state index is 0.00116. The third-order valence-corrected chi connectivity index (χ3v) is 5.69. The summed E-state index contributed by atoms with van der Waals surface area (Å²) in [6.07, 6.45) is 2.13. The Labute approximate surface area is 175 Å². The molecule has 1 aliphatic heterocycles. The Morgan fingerprint density at radius 1 is 1.20 bits per heavy atom. The fourth-order valence-corrected chi connectivity index (χ4v) is 3.96. The summed E-state index contributed by atoms with van der Waals surface area (Å²) in [5.41, 5.74) is 1.47. The van der Waals surface area contributed by atoms with E-state index < -0.39 is 0 Å². The van der Waals surface area contributed by atoms with Crippen molar-refractivity contribution >= 4 is 22.7 Å². The molecule has 0 spiro atoms. The first kappa shape index (κ1) is 20.1. The van der Waals surface area contributed by atoms with Gasteiger partial charge in [0.1, 0.15) is 23.0 Å². The van der Waals surface area contributed by atoms with E-state index in [2.05, 4.69) is 10.3 Å². The maximum atomic E-state index is 12.9. The second-order valence-corrected chi connectivity index (χ2v) is 7.86. The minimum atomic E-state index is 0.00116. The average Bonchev–Trinajstić information content (AvgIpc) is 3.37. The van der Waals surface area contributed by atoms with Gasteiger partial charge in [-0.3, -0.25) is 9.59 Å². The van der Waals surface area contributed by atoms with Crippen molar-refractivity contribution in [1.82, 2.24) is 15.2 Å². The van der Waals surface area contributed by atoms with Crippen LogP contribution in [-0.2, 0) is 11.3 Å². The number of aromatic amines is 1. The first-order valence-electron chi connectivity index (χ1n) is 10.3. The van der Waals surface area contributed by atoms with Crippen molar-refractivity contribution in [2.75, 3.05) is 20.2 Å². The molecule has 1 aliphatic rings. The molecule has 158 valence electrons. The second-order valence-electron chi connectivity index (χ2n) is 7.86. The largest absolute Gasteiger partial charge is 0.497 e. The molecule has 7 heteroatoms. The molecule has 30 heavy (non-hydrogen) atoms. The summed E-state index contributed by atoms with van der Waals surface area (Å²) in [5, 5.41) is 3.90. The molecule has 7 nitrogen and oxygen atoms in total. The zero-order chi connectivity index (χ0) is 21.1. The minimum Gasteiger partial charge on any atom is -0.497 e. The highest BCUT2D eigenvalue weighted by Crippen LogP contribution is 2.25. The maximum absolute atomic E-state index is 12.9. The van der Waals surface area contributed by atoms with Crippen LogP contribution in [0.2, 0.25) is 0 Å². The van der Waals surface area contributed by atoms with Crippen LogP contribution in [0.25, 0.3) is 10.9 Å². The lowest BCUT2D eigenvalue weighted by Gasteiger charge is -2.31. The number of fused-ring (bicyclic) bond motifs is 1. The molecule has 0 atom stereocenters. The Morgan fingerprint density at radius 3 is 2.70 bits per heavy atom. The van der Waals surface area contributed by atoms with Crippen LogP contribution in [0.1, 0.15) is 41.3 Å². The van der Waals surface area contributed by atoms with Gasteiger partial charge in [-0.2, -0.15) is 0 Å². The number of nitrogens with zero attached hydrogens (tertiary/aromatic N) is 1. The first-order valence-corrected chi connectivity index (χ1v) is 10.3. The van der Waals surface area contributed by atoms with Gasteiger partial charge in [-0.15, -0.1) is 0 Å². The van der Waals surface area contributed by atoms with Gasteiger partial charge in [-0.05, 0) is 56.0 Å². The van der Waals surface area contributed by atoms with Crippen molar-refractivity contribution in [2.24, 2.45) is 5.92 Å².